The summed E-state index contributed by atoms with van der Waals surface area (Å²) < 4.78 is 16.6. The number of hydrogen-bond donors (Lipinski definition) is 0. The summed E-state index contributed by atoms with van der Waals surface area (Å²) in [6, 6.07) is 7.92. The molecule has 3 nitrogen and oxygen atoms in total. The molecule has 18 heavy (non-hydrogen) atoms. The molecule has 0 radical (unpaired) electrons. The van der Waals surface area contributed by atoms with Crippen LogP contribution in [0.2, 0.25) is 0 Å². The third-order valence-electron chi connectivity index (χ3n) is 2.52. The first-order chi connectivity index (χ1) is 8.83. The number of rotatable bonds is 9. The monoisotopic (exact) mass is 316 g/mol. The first-order valence-electron chi connectivity index (χ1n) is 6.21. The Bertz CT molecular complexity index is 331. The lowest BCUT2D eigenvalue weighted by Gasteiger charge is -2.18. The number of hydrogen-bond acceptors (Lipinski definition) is 3. The Hall–Kier alpha value is -0.580. The molecule has 0 amide bonds. The Morgan fingerprint density at radius 3 is 2.61 bits per heavy atom. The Balaban J connectivity index is 2.49. The molecule has 0 saturated heterocycles. The summed E-state index contributed by atoms with van der Waals surface area (Å²) >= 11 is 3.48. The fraction of sp³-hybridized carbons (Fsp3) is 0.571. The second-order valence-corrected chi connectivity index (χ2v) is 4.52. The summed E-state index contributed by atoms with van der Waals surface area (Å²) in [4.78, 5) is 0. The Morgan fingerprint density at radius 1 is 1.17 bits per heavy atom. The highest BCUT2D eigenvalue weighted by atomic mass is 79.9. The number of benzene rings is 1. The van der Waals surface area contributed by atoms with E-state index < -0.39 is 0 Å². The van der Waals surface area contributed by atoms with Crippen molar-refractivity contribution in [3.05, 3.63) is 29.8 Å². The third kappa shape index (κ3) is 4.96. The van der Waals surface area contributed by atoms with Crippen LogP contribution in [0.3, 0.4) is 0 Å². The van der Waals surface area contributed by atoms with E-state index in [4.69, 9.17) is 14.2 Å². The lowest BCUT2D eigenvalue weighted by Crippen LogP contribution is -2.12. The highest BCUT2D eigenvalue weighted by Crippen LogP contribution is 2.28. The van der Waals surface area contributed by atoms with E-state index in [9.17, 15) is 0 Å². The maximum atomic E-state index is 5.81. The molecule has 0 aliphatic heterocycles. The molecule has 1 aromatic carbocycles. The van der Waals surface area contributed by atoms with E-state index in [-0.39, 0.29) is 6.10 Å². The van der Waals surface area contributed by atoms with Gasteiger partial charge >= 0.3 is 0 Å². The molecule has 0 spiro atoms. The van der Waals surface area contributed by atoms with Crippen molar-refractivity contribution in [2.24, 2.45) is 0 Å². The van der Waals surface area contributed by atoms with E-state index in [1.807, 2.05) is 24.3 Å². The van der Waals surface area contributed by atoms with Gasteiger partial charge in [0.15, 0.2) is 0 Å². The van der Waals surface area contributed by atoms with Gasteiger partial charge in [-0.05, 0) is 12.5 Å². The summed E-state index contributed by atoms with van der Waals surface area (Å²) in [7, 11) is 1.68. The molecule has 1 rings (SSSR count). The number of ether oxygens (including phenoxy) is 3. The minimum Gasteiger partial charge on any atom is -0.496 e. The minimum absolute atomic E-state index is 0.00798. The molecule has 102 valence electrons. The van der Waals surface area contributed by atoms with Crippen LogP contribution >= 0.6 is 15.9 Å². The Labute approximate surface area is 118 Å². The molecule has 0 fully saturated rings. The molecule has 0 saturated carbocycles. The SMILES string of the molecule is CCCOCCOC(CBr)c1ccccc1OC. The predicted octanol–water partition coefficient (Wildman–Crippen LogP) is 3.57. The maximum Gasteiger partial charge on any atom is 0.124 e. The van der Waals surface area contributed by atoms with Gasteiger partial charge in [0.25, 0.3) is 0 Å². The molecule has 0 aliphatic rings. The van der Waals surface area contributed by atoms with Gasteiger partial charge in [0, 0.05) is 17.5 Å². The largest absolute Gasteiger partial charge is 0.496 e. The number of halogens is 1. The van der Waals surface area contributed by atoms with Gasteiger partial charge in [-0.3, -0.25) is 0 Å². The molecule has 1 aromatic rings. The van der Waals surface area contributed by atoms with Gasteiger partial charge in [0.2, 0.25) is 0 Å². The van der Waals surface area contributed by atoms with Crippen molar-refractivity contribution in [3.8, 4) is 5.75 Å². The maximum absolute atomic E-state index is 5.81. The molecule has 1 unspecified atom stereocenters. The third-order valence-corrected chi connectivity index (χ3v) is 3.11. The summed E-state index contributed by atoms with van der Waals surface area (Å²) in [5.41, 5.74) is 1.06. The number of alkyl halides is 1. The van der Waals surface area contributed by atoms with E-state index in [0.717, 1.165) is 29.7 Å². The summed E-state index contributed by atoms with van der Waals surface area (Å²) in [5.74, 6) is 0.858. The van der Waals surface area contributed by atoms with Crippen LogP contribution in [0.1, 0.15) is 25.0 Å². The summed E-state index contributed by atoms with van der Waals surface area (Å²) in [6.07, 6.45) is 1.03. The second-order valence-electron chi connectivity index (χ2n) is 3.87. The molecular weight excluding hydrogens is 296 g/mol. The number of para-hydroxylation sites is 1. The van der Waals surface area contributed by atoms with E-state index >= 15 is 0 Å². The van der Waals surface area contributed by atoms with Gasteiger partial charge in [-0.25, -0.2) is 0 Å². The van der Waals surface area contributed by atoms with Crippen molar-refractivity contribution in [3.63, 3.8) is 0 Å². The molecule has 0 heterocycles. The highest BCUT2D eigenvalue weighted by molar-refractivity contribution is 9.09. The normalized spacial score (nSPS) is 12.4. The summed E-state index contributed by atoms with van der Waals surface area (Å²) in [5, 5.41) is 0.737. The van der Waals surface area contributed by atoms with Crippen LogP contribution < -0.4 is 4.74 Å². The van der Waals surface area contributed by atoms with E-state index in [1.165, 1.54) is 0 Å². The molecule has 0 N–H and O–H groups in total. The van der Waals surface area contributed by atoms with Crippen LogP contribution in [0.25, 0.3) is 0 Å². The Kier molecular flexibility index (Phi) is 8.05. The van der Waals surface area contributed by atoms with Crippen LogP contribution in [-0.4, -0.2) is 32.3 Å². The quantitative estimate of drug-likeness (QED) is 0.515. The average Bonchev–Trinajstić information content (AvgIpc) is 2.43. The molecule has 0 bridgehead atoms. The number of methoxy groups -OCH3 is 1. The first-order valence-corrected chi connectivity index (χ1v) is 7.33. The summed E-state index contributed by atoms with van der Waals surface area (Å²) in [6.45, 7) is 4.11. The van der Waals surface area contributed by atoms with Crippen molar-refractivity contribution >= 4 is 15.9 Å². The van der Waals surface area contributed by atoms with Crippen LogP contribution in [0.4, 0.5) is 0 Å². The van der Waals surface area contributed by atoms with Crippen molar-refractivity contribution in [1.29, 1.82) is 0 Å². The lowest BCUT2D eigenvalue weighted by molar-refractivity contribution is 0.0133. The van der Waals surface area contributed by atoms with Gasteiger partial charge in [0.1, 0.15) is 5.75 Å². The molecule has 0 aliphatic carbocycles. The van der Waals surface area contributed by atoms with E-state index in [0.29, 0.717) is 13.2 Å². The zero-order valence-corrected chi connectivity index (χ0v) is 12.6. The lowest BCUT2D eigenvalue weighted by atomic mass is 10.1. The van der Waals surface area contributed by atoms with E-state index in [1.54, 1.807) is 7.11 Å². The second kappa shape index (κ2) is 9.36. The van der Waals surface area contributed by atoms with Crippen molar-refractivity contribution in [1.82, 2.24) is 0 Å². The molecule has 0 aromatic heterocycles. The van der Waals surface area contributed by atoms with Gasteiger partial charge in [0.05, 0.1) is 26.4 Å². The molecule has 4 heteroatoms. The van der Waals surface area contributed by atoms with Crippen LogP contribution in [-0.2, 0) is 9.47 Å². The van der Waals surface area contributed by atoms with Crippen LogP contribution in [0.15, 0.2) is 24.3 Å². The predicted molar refractivity (Wildman–Crippen MR) is 76.6 cm³/mol. The van der Waals surface area contributed by atoms with Crippen molar-refractivity contribution < 1.29 is 14.2 Å². The fourth-order valence-corrected chi connectivity index (χ4v) is 2.18. The van der Waals surface area contributed by atoms with Crippen molar-refractivity contribution in [2.75, 3.05) is 32.3 Å². The van der Waals surface area contributed by atoms with Crippen LogP contribution in [0.5, 0.6) is 5.75 Å². The zero-order chi connectivity index (χ0) is 13.2. The molecular formula is C14H21BrO3. The van der Waals surface area contributed by atoms with Gasteiger partial charge in [-0.15, -0.1) is 0 Å². The standard InChI is InChI=1S/C14H21BrO3/c1-3-8-17-9-10-18-14(11-15)12-6-4-5-7-13(12)16-2/h4-7,14H,3,8-11H2,1-2H3. The van der Waals surface area contributed by atoms with E-state index in [2.05, 4.69) is 22.9 Å². The first kappa shape index (κ1) is 15.5. The van der Waals surface area contributed by atoms with Crippen molar-refractivity contribution in [2.45, 2.75) is 19.4 Å². The highest BCUT2D eigenvalue weighted by Gasteiger charge is 2.14. The molecule has 1 atom stereocenters. The topological polar surface area (TPSA) is 27.7 Å². The van der Waals surface area contributed by atoms with Gasteiger partial charge in [-0.2, -0.15) is 0 Å². The van der Waals surface area contributed by atoms with Gasteiger partial charge < -0.3 is 14.2 Å². The Morgan fingerprint density at radius 2 is 1.94 bits per heavy atom. The van der Waals surface area contributed by atoms with Crippen LogP contribution in [0, 0.1) is 0 Å². The fourth-order valence-electron chi connectivity index (χ4n) is 1.65. The van der Waals surface area contributed by atoms with Gasteiger partial charge in [-0.1, -0.05) is 41.1 Å². The average molecular weight is 317 g/mol. The smallest absolute Gasteiger partial charge is 0.124 e. The zero-order valence-electron chi connectivity index (χ0n) is 11.0. The minimum atomic E-state index is -0.00798.